The van der Waals surface area contributed by atoms with Crippen molar-refractivity contribution in [1.82, 2.24) is 4.98 Å². The first kappa shape index (κ1) is 21.5. The van der Waals surface area contributed by atoms with Crippen molar-refractivity contribution in [2.45, 2.75) is 10.8 Å². The third kappa shape index (κ3) is 6.39. The Bertz CT molecular complexity index is 1050. The van der Waals surface area contributed by atoms with E-state index in [1.54, 1.807) is 17.5 Å². The third-order valence-electron chi connectivity index (χ3n) is 3.78. The number of amides is 3. The summed E-state index contributed by atoms with van der Waals surface area (Å²) in [6.45, 7) is 0. The number of halogens is 1. The maximum Gasteiger partial charge on any atom is 0.248 e. The highest BCUT2D eigenvalue weighted by Gasteiger charge is 2.11. The number of rotatable bonds is 8. The molecule has 0 bridgehead atoms. The molecule has 0 radical (unpaired) electrons. The van der Waals surface area contributed by atoms with Crippen LogP contribution < -0.4 is 16.4 Å². The van der Waals surface area contributed by atoms with Crippen LogP contribution in [-0.2, 0) is 16.0 Å². The zero-order valence-corrected chi connectivity index (χ0v) is 17.2. The first-order valence-corrected chi connectivity index (χ1v) is 10.6. The molecule has 3 rings (SSSR count). The van der Waals surface area contributed by atoms with E-state index in [1.807, 2.05) is 0 Å². The van der Waals surface area contributed by atoms with Gasteiger partial charge in [-0.2, -0.15) is 0 Å². The maximum absolute atomic E-state index is 12.9. The van der Waals surface area contributed by atoms with E-state index in [2.05, 4.69) is 15.6 Å². The molecule has 0 unspecified atom stereocenters. The topological polar surface area (TPSA) is 114 Å². The molecule has 154 valence electrons. The van der Waals surface area contributed by atoms with E-state index < -0.39 is 5.91 Å². The second-order valence-electron chi connectivity index (χ2n) is 6.12. The predicted octanol–water partition coefficient (Wildman–Crippen LogP) is 3.29. The van der Waals surface area contributed by atoms with Crippen molar-refractivity contribution in [3.05, 3.63) is 71.0 Å². The standard InChI is InChI=1S/C20H17FN4O3S2/c21-13-3-7-15(8-4-13)24-18(27)11-30-20-25-16(10-29-20)9-17(26)23-14-5-1-12(2-6-14)19(22)28/h1-8,10H,9,11H2,(H2,22,28)(H,23,26)(H,24,27). The summed E-state index contributed by atoms with van der Waals surface area (Å²) in [4.78, 5) is 39.6. The molecular weight excluding hydrogens is 427 g/mol. The minimum absolute atomic E-state index is 0.0798. The molecule has 7 nitrogen and oxygen atoms in total. The Morgan fingerprint density at radius 2 is 1.57 bits per heavy atom. The number of primary amides is 1. The molecule has 0 saturated carbocycles. The number of benzene rings is 2. The number of nitrogens with zero attached hydrogens (tertiary/aromatic N) is 1. The molecule has 0 atom stereocenters. The van der Waals surface area contributed by atoms with Crippen LogP contribution in [0.2, 0.25) is 0 Å². The fourth-order valence-corrected chi connectivity index (χ4v) is 4.03. The summed E-state index contributed by atoms with van der Waals surface area (Å²) >= 11 is 2.60. The smallest absolute Gasteiger partial charge is 0.248 e. The highest BCUT2D eigenvalue weighted by molar-refractivity contribution is 8.01. The van der Waals surface area contributed by atoms with Crippen molar-refractivity contribution in [2.24, 2.45) is 5.73 Å². The van der Waals surface area contributed by atoms with E-state index in [1.165, 1.54) is 59.5 Å². The van der Waals surface area contributed by atoms with Crippen LogP contribution in [0.25, 0.3) is 0 Å². The van der Waals surface area contributed by atoms with Crippen LogP contribution in [-0.4, -0.2) is 28.5 Å². The molecule has 3 amide bonds. The van der Waals surface area contributed by atoms with Gasteiger partial charge in [0.15, 0.2) is 4.34 Å². The summed E-state index contributed by atoms with van der Waals surface area (Å²) < 4.78 is 13.5. The normalized spacial score (nSPS) is 10.4. The molecule has 1 aromatic heterocycles. The van der Waals surface area contributed by atoms with E-state index in [0.717, 1.165) is 0 Å². The average molecular weight is 445 g/mol. The molecule has 0 aliphatic rings. The summed E-state index contributed by atoms with van der Waals surface area (Å²) in [5.74, 6) is -1.25. The minimum Gasteiger partial charge on any atom is -0.366 e. The molecule has 0 spiro atoms. The van der Waals surface area contributed by atoms with E-state index in [-0.39, 0.29) is 29.8 Å². The first-order valence-electron chi connectivity index (χ1n) is 8.71. The number of carbonyl (C=O) groups excluding carboxylic acids is 3. The Labute approximate surface area is 179 Å². The molecule has 0 aliphatic heterocycles. The van der Waals surface area contributed by atoms with Crippen molar-refractivity contribution in [3.63, 3.8) is 0 Å². The summed E-state index contributed by atoms with van der Waals surface area (Å²) in [6.07, 6.45) is 0.0798. The molecule has 3 aromatic rings. The van der Waals surface area contributed by atoms with Gasteiger partial charge in [-0.25, -0.2) is 9.37 Å². The van der Waals surface area contributed by atoms with Crippen molar-refractivity contribution < 1.29 is 18.8 Å². The zero-order valence-electron chi connectivity index (χ0n) is 15.6. The molecule has 4 N–H and O–H groups in total. The van der Waals surface area contributed by atoms with Gasteiger partial charge in [0, 0.05) is 22.3 Å². The zero-order chi connectivity index (χ0) is 21.5. The number of nitrogens with one attached hydrogen (secondary N) is 2. The van der Waals surface area contributed by atoms with Gasteiger partial charge in [-0.3, -0.25) is 14.4 Å². The van der Waals surface area contributed by atoms with Crippen LogP contribution in [0.3, 0.4) is 0 Å². The number of thioether (sulfide) groups is 1. The van der Waals surface area contributed by atoms with Gasteiger partial charge < -0.3 is 16.4 Å². The Morgan fingerprint density at radius 3 is 2.20 bits per heavy atom. The van der Waals surface area contributed by atoms with Crippen molar-refractivity contribution in [2.75, 3.05) is 16.4 Å². The lowest BCUT2D eigenvalue weighted by Gasteiger charge is -2.05. The second kappa shape index (κ2) is 9.99. The Balaban J connectivity index is 1.46. The molecule has 2 aromatic carbocycles. The molecule has 30 heavy (non-hydrogen) atoms. The van der Waals surface area contributed by atoms with Crippen LogP contribution >= 0.6 is 23.1 Å². The highest BCUT2D eigenvalue weighted by atomic mass is 32.2. The van der Waals surface area contributed by atoms with Gasteiger partial charge in [0.05, 0.1) is 17.9 Å². The first-order chi connectivity index (χ1) is 14.4. The van der Waals surface area contributed by atoms with E-state index in [4.69, 9.17) is 5.73 Å². The second-order valence-corrected chi connectivity index (χ2v) is 8.20. The lowest BCUT2D eigenvalue weighted by Crippen LogP contribution is -2.15. The van der Waals surface area contributed by atoms with Gasteiger partial charge in [0.25, 0.3) is 0 Å². The Hall–Kier alpha value is -3.24. The fourth-order valence-electron chi connectivity index (χ4n) is 2.38. The molecule has 1 heterocycles. The van der Waals surface area contributed by atoms with Crippen molar-refractivity contribution >= 4 is 52.2 Å². The fraction of sp³-hybridized carbons (Fsp3) is 0.100. The summed E-state index contributed by atoms with van der Waals surface area (Å²) in [7, 11) is 0. The quantitative estimate of drug-likeness (QED) is 0.461. The highest BCUT2D eigenvalue weighted by Crippen LogP contribution is 2.23. The van der Waals surface area contributed by atoms with Gasteiger partial charge in [0.1, 0.15) is 5.82 Å². The summed E-state index contributed by atoms with van der Waals surface area (Å²) in [6, 6.07) is 11.8. The number of nitrogens with two attached hydrogens (primary N) is 1. The minimum atomic E-state index is -0.535. The number of anilines is 2. The summed E-state index contributed by atoms with van der Waals surface area (Å²) in [5, 5.41) is 7.16. The van der Waals surface area contributed by atoms with Crippen LogP contribution in [0.15, 0.2) is 58.3 Å². The van der Waals surface area contributed by atoms with E-state index in [9.17, 15) is 18.8 Å². The largest absolute Gasteiger partial charge is 0.366 e. The van der Waals surface area contributed by atoms with Gasteiger partial charge in [-0.15, -0.1) is 11.3 Å². The molecule has 10 heteroatoms. The van der Waals surface area contributed by atoms with Crippen LogP contribution in [0.5, 0.6) is 0 Å². The molecule has 0 aliphatic carbocycles. The lowest BCUT2D eigenvalue weighted by molar-refractivity contribution is -0.116. The van der Waals surface area contributed by atoms with Gasteiger partial charge >= 0.3 is 0 Å². The number of carbonyl (C=O) groups is 3. The molecule has 0 saturated heterocycles. The summed E-state index contributed by atoms with van der Waals surface area (Å²) in [5.41, 5.74) is 7.20. The van der Waals surface area contributed by atoms with Crippen LogP contribution in [0, 0.1) is 5.82 Å². The van der Waals surface area contributed by atoms with Crippen molar-refractivity contribution in [3.8, 4) is 0 Å². The average Bonchev–Trinajstić information content (AvgIpc) is 3.15. The third-order valence-corrected chi connectivity index (χ3v) is 5.85. The number of hydrogen-bond donors (Lipinski definition) is 3. The SMILES string of the molecule is NC(=O)c1ccc(NC(=O)Cc2csc(SCC(=O)Nc3ccc(F)cc3)n2)cc1. The monoisotopic (exact) mass is 444 g/mol. The van der Waals surface area contributed by atoms with Gasteiger partial charge in [0.2, 0.25) is 17.7 Å². The lowest BCUT2D eigenvalue weighted by atomic mass is 10.2. The van der Waals surface area contributed by atoms with Gasteiger partial charge in [-0.1, -0.05) is 11.8 Å². The van der Waals surface area contributed by atoms with Crippen LogP contribution in [0.4, 0.5) is 15.8 Å². The molecular formula is C20H17FN4O3S2. The van der Waals surface area contributed by atoms with Crippen molar-refractivity contribution in [1.29, 1.82) is 0 Å². The maximum atomic E-state index is 12.9. The van der Waals surface area contributed by atoms with Gasteiger partial charge in [-0.05, 0) is 48.5 Å². The number of hydrogen-bond acceptors (Lipinski definition) is 6. The van der Waals surface area contributed by atoms with Crippen LogP contribution in [0.1, 0.15) is 16.1 Å². The van der Waals surface area contributed by atoms with E-state index >= 15 is 0 Å². The Morgan fingerprint density at radius 1 is 0.967 bits per heavy atom. The van der Waals surface area contributed by atoms with E-state index in [0.29, 0.717) is 27.0 Å². The predicted molar refractivity (Wildman–Crippen MR) is 115 cm³/mol. The number of thiazole rings is 1. The Kier molecular flexibility index (Phi) is 7.15. The number of aromatic nitrogens is 1. The molecule has 0 fully saturated rings.